The van der Waals surface area contributed by atoms with Crippen molar-refractivity contribution in [2.75, 3.05) is 0 Å². The first-order valence-electron chi connectivity index (χ1n) is 2.59. The van der Waals surface area contributed by atoms with Crippen LogP contribution in [0, 0.1) is 5.92 Å². The van der Waals surface area contributed by atoms with E-state index in [0.29, 0.717) is 0 Å². The van der Waals surface area contributed by atoms with Crippen molar-refractivity contribution < 1.29 is 19.8 Å². The number of hydrogen-bond acceptors (Lipinski definition) is 2. The molecule has 0 aromatic rings. The molecule has 0 fully saturated rings. The average molecular weight is 186 g/mol. The molecule has 0 aromatic carbocycles. The molecule has 0 saturated carbocycles. The van der Waals surface area contributed by atoms with E-state index in [-0.39, 0.29) is 18.3 Å². The van der Waals surface area contributed by atoms with E-state index in [1.165, 1.54) is 0 Å². The van der Waals surface area contributed by atoms with Crippen LogP contribution in [0.5, 0.6) is 0 Å². The second-order valence-electron chi connectivity index (χ2n) is 1.83. The van der Waals surface area contributed by atoms with Gasteiger partial charge in [-0.25, -0.2) is 4.79 Å². The van der Waals surface area contributed by atoms with Gasteiger partial charge in [-0.2, -0.15) is 0 Å². The van der Waals surface area contributed by atoms with Crippen molar-refractivity contribution in [2.24, 2.45) is 11.7 Å². The molecule has 0 radical (unpaired) electrons. The van der Waals surface area contributed by atoms with E-state index >= 15 is 0 Å². The molecule has 6 heteroatoms. The van der Waals surface area contributed by atoms with Gasteiger partial charge in [0.15, 0.2) is 0 Å². The number of carboxylic acid groups (broad SMARTS) is 2. The number of aliphatic carboxylic acids is 1. The second kappa shape index (κ2) is 9.03. The lowest BCUT2D eigenvalue weighted by Gasteiger charge is -1.89. The summed E-state index contributed by atoms with van der Waals surface area (Å²) >= 11 is 0. The highest BCUT2D eigenvalue weighted by atomic mass is 35.5. The highest BCUT2D eigenvalue weighted by Crippen LogP contribution is 1.87. The molecule has 5 nitrogen and oxygen atoms in total. The smallest absolute Gasteiger partial charge is 0.402 e. The summed E-state index contributed by atoms with van der Waals surface area (Å²) in [6, 6.07) is 0. The number of hydrogen-bond donors (Lipinski definition) is 3. The Morgan fingerprint density at radius 2 is 1.36 bits per heavy atom. The molecule has 0 saturated heterocycles. The van der Waals surface area contributed by atoms with Gasteiger partial charge in [-0.3, -0.25) is 4.79 Å². The molecule has 68 valence electrons. The maximum absolute atomic E-state index is 9.70. The van der Waals surface area contributed by atoms with Gasteiger partial charge in [-0.05, 0) is 0 Å². The fraction of sp³-hybridized carbons (Fsp3) is 0.600. The van der Waals surface area contributed by atoms with Crippen LogP contribution in [0.1, 0.15) is 13.8 Å². The van der Waals surface area contributed by atoms with E-state index in [0.717, 1.165) is 0 Å². The molecule has 0 aliphatic rings. The van der Waals surface area contributed by atoms with Crippen LogP contribution in [0.2, 0.25) is 0 Å². The van der Waals surface area contributed by atoms with Gasteiger partial charge in [0.2, 0.25) is 0 Å². The van der Waals surface area contributed by atoms with Crippen molar-refractivity contribution in [3.05, 3.63) is 0 Å². The summed E-state index contributed by atoms with van der Waals surface area (Å²) in [4.78, 5) is 18.5. The summed E-state index contributed by atoms with van der Waals surface area (Å²) in [6.45, 7) is 3.28. The van der Waals surface area contributed by atoms with Crippen LogP contribution in [0.4, 0.5) is 4.79 Å². The predicted octanol–water partition coefficient (Wildman–Crippen LogP) is 0.772. The minimum atomic E-state index is -1.33. The fourth-order valence-electron chi connectivity index (χ4n) is 0. The van der Waals surface area contributed by atoms with Gasteiger partial charge in [0.25, 0.3) is 0 Å². The molecular weight excluding hydrogens is 174 g/mol. The van der Waals surface area contributed by atoms with Crippen molar-refractivity contribution in [1.82, 2.24) is 0 Å². The number of amides is 1. The van der Waals surface area contributed by atoms with E-state index < -0.39 is 12.1 Å². The third kappa shape index (κ3) is 48.6. The number of halogens is 1. The van der Waals surface area contributed by atoms with Crippen molar-refractivity contribution in [1.29, 1.82) is 0 Å². The van der Waals surface area contributed by atoms with Gasteiger partial charge in [-0.1, -0.05) is 13.8 Å². The van der Waals surface area contributed by atoms with Crippen molar-refractivity contribution >= 4 is 24.5 Å². The third-order valence-electron chi connectivity index (χ3n) is 0.494. The molecular formula is C5H12ClNO4. The zero-order valence-electron chi connectivity index (χ0n) is 6.27. The van der Waals surface area contributed by atoms with Crippen LogP contribution in [-0.2, 0) is 4.79 Å². The highest BCUT2D eigenvalue weighted by molar-refractivity contribution is 5.85. The van der Waals surface area contributed by atoms with Crippen LogP contribution >= 0.6 is 12.4 Å². The first-order chi connectivity index (χ1) is 4.37. The van der Waals surface area contributed by atoms with Crippen LogP contribution in [0.3, 0.4) is 0 Å². The normalized spacial score (nSPS) is 7.18. The molecule has 11 heavy (non-hydrogen) atoms. The van der Waals surface area contributed by atoms with Gasteiger partial charge < -0.3 is 15.9 Å². The quantitative estimate of drug-likeness (QED) is 0.562. The number of carboxylic acids is 1. The molecule has 0 unspecified atom stereocenters. The topological polar surface area (TPSA) is 101 Å². The van der Waals surface area contributed by atoms with Gasteiger partial charge in [0.05, 0.1) is 5.92 Å². The number of carbonyl (C=O) groups is 2. The van der Waals surface area contributed by atoms with Gasteiger partial charge in [-0.15, -0.1) is 12.4 Å². The molecule has 1 amide bonds. The lowest BCUT2D eigenvalue weighted by atomic mass is 10.2. The Bertz CT molecular complexity index is 122. The van der Waals surface area contributed by atoms with Crippen molar-refractivity contribution in [2.45, 2.75) is 13.8 Å². The Morgan fingerprint density at radius 1 is 1.27 bits per heavy atom. The summed E-state index contributed by atoms with van der Waals surface area (Å²) in [6.07, 6.45) is -1.33. The standard InChI is InChI=1S/C4H8O2.CH3NO2.ClH/c1-3(2)4(5)6;2-1(3)4;/h3H,1-2H3,(H,5,6);2H2,(H,3,4);1H. The second-order valence-corrected chi connectivity index (χ2v) is 1.83. The van der Waals surface area contributed by atoms with Gasteiger partial charge >= 0.3 is 12.1 Å². The molecule has 0 heterocycles. The molecule has 0 spiro atoms. The molecule has 0 atom stereocenters. The summed E-state index contributed by atoms with van der Waals surface area (Å²) in [5.74, 6) is -0.972. The third-order valence-corrected chi connectivity index (χ3v) is 0.494. The van der Waals surface area contributed by atoms with Crippen molar-refractivity contribution in [3.8, 4) is 0 Å². The van der Waals surface area contributed by atoms with E-state index in [9.17, 15) is 4.79 Å². The van der Waals surface area contributed by atoms with Crippen molar-refractivity contribution in [3.63, 3.8) is 0 Å². The maximum Gasteiger partial charge on any atom is 0.402 e. The summed E-state index contributed by atoms with van der Waals surface area (Å²) in [5.41, 5.74) is 4.03. The Morgan fingerprint density at radius 3 is 1.36 bits per heavy atom. The van der Waals surface area contributed by atoms with E-state index in [1.807, 2.05) is 0 Å². The fourth-order valence-corrected chi connectivity index (χ4v) is 0. The summed E-state index contributed by atoms with van der Waals surface area (Å²) in [7, 11) is 0. The zero-order valence-corrected chi connectivity index (χ0v) is 7.09. The van der Waals surface area contributed by atoms with Crippen LogP contribution in [-0.4, -0.2) is 22.3 Å². The number of primary amides is 1. The summed E-state index contributed by atoms with van der Waals surface area (Å²) < 4.78 is 0. The lowest BCUT2D eigenvalue weighted by molar-refractivity contribution is -0.140. The molecule has 0 rings (SSSR count). The van der Waals surface area contributed by atoms with Crippen LogP contribution in [0.15, 0.2) is 0 Å². The largest absolute Gasteiger partial charge is 0.481 e. The van der Waals surface area contributed by atoms with Gasteiger partial charge in [0, 0.05) is 0 Å². The molecule has 0 bridgehead atoms. The van der Waals surface area contributed by atoms with Crippen LogP contribution < -0.4 is 5.73 Å². The Kier molecular flexibility index (Phi) is 13.6. The molecule has 4 N–H and O–H groups in total. The monoisotopic (exact) mass is 185 g/mol. The number of rotatable bonds is 1. The summed E-state index contributed by atoms with van der Waals surface area (Å²) in [5, 5.41) is 15.2. The van der Waals surface area contributed by atoms with E-state index in [1.54, 1.807) is 13.8 Å². The minimum absolute atomic E-state index is 0. The highest BCUT2D eigenvalue weighted by Gasteiger charge is 1.99. The van der Waals surface area contributed by atoms with E-state index in [2.05, 4.69) is 5.73 Å². The lowest BCUT2D eigenvalue weighted by Crippen LogP contribution is -2.03. The van der Waals surface area contributed by atoms with Gasteiger partial charge in [0.1, 0.15) is 0 Å². The molecule has 0 aliphatic heterocycles. The van der Waals surface area contributed by atoms with E-state index in [4.69, 9.17) is 15.0 Å². The predicted molar refractivity (Wildman–Crippen MR) is 41.9 cm³/mol. The molecule has 0 aromatic heterocycles. The average Bonchev–Trinajstić information content (AvgIpc) is 1.63. The Labute approximate surface area is 70.6 Å². The first-order valence-corrected chi connectivity index (χ1v) is 2.59. The Balaban J connectivity index is -0.000000114. The SMILES string of the molecule is CC(C)C(=O)O.Cl.NC(=O)O. The Hall–Kier alpha value is -0.970. The number of nitrogens with two attached hydrogens (primary N) is 1. The zero-order chi connectivity index (χ0) is 8.73. The minimum Gasteiger partial charge on any atom is -0.481 e. The molecule has 0 aliphatic carbocycles. The first kappa shape index (κ1) is 16.5. The van der Waals surface area contributed by atoms with Crippen LogP contribution in [0.25, 0.3) is 0 Å². The maximum atomic E-state index is 9.70.